The lowest BCUT2D eigenvalue weighted by Gasteiger charge is -2.35. The number of amides is 1. The van der Waals surface area contributed by atoms with Crippen LogP contribution in [-0.4, -0.2) is 57.2 Å². The molecule has 0 saturated carbocycles. The van der Waals surface area contributed by atoms with E-state index in [0.29, 0.717) is 65.9 Å². The highest BCUT2D eigenvalue weighted by atomic mass is 35.5. The van der Waals surface area contributed by atoms with E-state index in [9.17, 15) is 14.0 Å². The summed E-state index contributed by atoms with van der Waals surface area (Å²) in [6.07, 6.45) is 1.64. The zero-order valence-electron chi connectivity index (χ0n) is 18.0. The van der Waals surface area contributed by atoms with E-state index < -0.39 is 0 Å². The summed E-state index contributed by atoms with van der Waals surface area (Å²) in [6.45, 7) is 6.84. The van der Waals surface area contributed by atoms with Gasteiger partial charge in [-0.1, -0.05) is 47.6 Å². The molecule has 0 bridgehead atoms. The number of hydrogen-bond donors (Lipinski definition) is 0. The molecule has 9 heteroatoms. The lowest BCUT2D eigenvalue weighted by molar-refractivity contribution is -0.130. The number of nitrogens with zero attached hydrogens (tertiary/aromatic N) is 4. The number of thioether (sulfide) groups is 1. The molecule has 1 aliphatic heterocycles. The van der Waals surface area contributed by atoms with Crippen LogP contribution in [0.15, 0.2) is 65.1 Å². The van der Waals surface area contributed by atoms with Gasteiger partial charge in [-0.05, 0) is 24.3 Å². The summed E-state index contributed by atoms with van der Waals surface area (Å²) in [7, 11) is 0. The van der Waals surface area contributed by atoms with Crippen LogP contribution in [0.5, 0.6) is 0 Å². The van der Waals surface area contributed by atoms with Crippen molar-refractivity contribution < 1.29 is 9.18 Å². The van der Waals surface area contributed by atoms with Crippen LogP contribution in [-0.2, 0) is 17.9 Å². The van der Waals surface area contributed by atoms with Gasteiger partial charge in [-0.25, -0.2) is 9.37 Å². The van der Waals surface area contributed by atoms with Crippen LogP contribution >= 0.6 is 23.4 Å². The van der Waals surface area contributed by atoms with Crippen molar-refractivity contribution in [2.75, 3.05) is 31.9 Å². The lowest BCUT2D eigenvalue weighted by atomic mass is 10.2. The molecule has 1 fully saturated rings. The summed E-state index contributed by atoms with van der Waals surface area (Å²) >= 11 is 7.40. The topological polar surface area (TPSA) is 58.4 Å². The van der Waals surface area contributed by atoms with Crippen molar-refractivity contribution >= 4 is 40.2 Å². The van der Waals surface area contributed by atoms with Gasteiger partial charge in [-0.2, -0.15) is 0 Å². The lowest BCUT2D eigenvalue weighted by Crippen LogP contribution is -2.49. The highest BCUT2D eigenvalue weighted by Gasteiger charge is 2.23. The zero-order chi connectivity index (χ0) is 23.4. The number of allylic oxidation sites excluding steroid dienone is 1. The van der Waals surface area contributed by atoms with Crippen LogP contribution in [0.4, 0.5) is 4.39 Å². The van der Waals surface area contributed by atoms with Gasteiger partial charge < -0.3 is 4.90 Å². The second-order valence-corrected chi connectivity index (χ2v) is 9.11. The van der Waals surface area contributed by atoms with Crippen molar-refractivity contribution in [3.8, 4) is 0 Å². The molecule has 33 heavy (non-hydrogen) atoms. The summed E-state index contributed by atoms with van der Waals surface area (Å²) in [5.74, 6) is -0.150. The summed E-state index contributed by atoms with van der Waals surface area (Å²) in [5.41, 5.74) is 0.950. The van der Waals surface area contributed by atoms with E-state index >= 15 is 0 Å². The molecule has 0 aliphatic carbocycles. The maximum atomic E-state index is 14.1. The van der Waals surface area contributed by atoms with E-state index in [1.807, 2.05) is 6.07 Å². The molecule has 1 aliphatic rings. The van der Waals surface area contributed by atoms with Gasteiger partial charge in [0.25, 0.3) is 5.56 Å². The average Bonchev–Trinajstić information content (AvgIpc) is 2.82. The molecule has 3 aromatic rings. The fourth-order valence-corrected chi connectivity index (χ4v) is 4.96. The predicted molar refractivity (Wildman–Crippen MR) is 130 cm³/mol. The molecule has 0 unspecified atom stereocenters. The first-order valence-corrected chi connectivity index (χ1v) is 12.0. The molecule has 1 saturated heterocycles. The predicted octanol–water partition coefficient (Wildman–Crippen LogP) is 3.81. The first kappa shape index (κ1) is 23.5. The number of piperazine rings is 1. The van der Waals surface area contributed by atoms with E-state index in [2.05, 4.69) is 16.5 Å². The third-order valence-corrected chi connectivity index (χ3v) is 6.95. The molecule has 0 N–H and O–H groups in total. The molecular formula is C24H24ClFN4O2S. The van der Waals surface area contributed by atoms with Crippen LogP contribution in [0.3, 0.4) is 0 Å². The van der Waals surface area contributed by atoms with Crippen molar-refractivity contribution in [3.05, 3.63) is 81.9 Å². The normalized spacial score (nSPS) is 14.5. The Labute approximate surface area is 200 Å². The second-order valence-electron chi connectivity index (χ2n) is 7.76. The number of fused-ring (bicyclic) bond motifs is 1. The number of aromatic nitrogens is 2. The summed E-state index contributed by atoms with van der Waals surface area (Å²) < 4.78 is 15.6. The van der Waals surface area contributed by atoms with Crippen molar-refractivity contribution in [1.29, 1.82) is 0 Å². The fraction of sp³-hybridized carbons (Fsp3) is 0.292. The first-order valence-electron chi connectivity index (χ1n) is 10.6. The van der Waals surface area contributed by atoms with E-state index in [4.69, 9.17) is 11.6 Å². The summed E-state index contributed by atoms with van der Waals surface area (Å²) in [5, 5.41) is 1.46. The first-order chi connectivity index (χ1) is 16.0. The number of para-hydroxylation sites is 1. The molecule has 6 nitrogen and oxygen atoms in total. The van der Waals surface area contributed by atoms with E-state index in [1.54, 1.807) is 45.9 Å². The van der Waals surface area contributed by atoms with Crippen LogP contribution in [0, 0.1) is 5.82 Å². The Morgan fingerprint density at radius 3 is 2.64 bits per heavy atom. The SMILES string of the molecule is C=CCn1c(SCC(=O)N2CCN(Cc3c(F)cccc3Cl)CC2)nc2ccccc2c1=O. The standard InChI is InChI=1S/C24H24ClFN4O2S/c1-2-10-30-23(32)17-6-3-4-9-21(17)27-24(30)33-16-22(31)29-13-11-28(12-14-29)15-18-19(25)7-5-8-20(18)26/h2-9H,1,10-16H2. The maximum Gasteiger partial charge on any atom is 0.262 e. The monoisotopic (exact) mass is 486 g/mol. The van der Waals surface area contributed by atoms with E-state index in [-0.39, 0.29) is 23.0 Å². The minimum absolute atomic E-state index is 0.0175. The van der Waals surface area contributed by atoms with Crippen LogP contribution in [0.25, 0.3) is 10.9 Å². The van der Waals surface area contributed by atoms with Gasteiger partial charge in [0.2, 0.25) is 5.91 Å². The third-order valence-electron chi connectivity index (χ3n) is 5.63. The Kier molecular flexibility index (Phi) is 7.47. The highest BCUT2D eigenvalue weighted by Crippen LogP contribution is 2.22. The van der Waals surface area contributed by atoms with Gasteiger partial charge in [0.1, 0.15) is 5.82 Å². The number of carbonyl (C=O) groups is 1. The summed E-state index contributed by atoms with van der Waals surface area (Å²) in [4.78, 5) is 34.2. The Balaban J connectivity index is 1.38. The van der Waals surface area contributed by atoms with E-state index in [0.717, 1.165) is 0 Å². The maximum absolute atomic E-state index is 14.1. The number of carbonyl (C=O) groups excluding carboxylic acids is 1. The van der Waals surface area contributed by atoms with Crippen LogP contribution in [0.1, 0.15) is 5.56 Å². The van der Waals surface area contributed by atoms with Gasteiger partial charge in [0.05, 0.1) is 16.7 Å². The van der Waals surface area contributed by atoms with Crippen molar-refractivity contribution in [2.45, 2.75) is 18.2 Å². The number of halogens is 2. The van der Waals surface area contributed by atoms with Gasteiger partial charge in [-0.15, -0.1) is 6.58 Å². The molecule has 4 rings (SSSR count). The van der Waals surface area contributed by atoms with Gasteiger partial charge in [-0.3, -0.25) is 19.1 Å². The quantitative estimate of drug-likeness (QED) is 0.289. The number of hydrogen-bond acceptors (Lipinski definition) is 5. The molecular weight excluding hydrogens is 463 g/mol. The third kappa shape index (κ3) is 5.29. The van der Waals surface area contributed by atoms with Crippen molar-refractivity contribution in [3.63, 3.8) is 0 Å². The average molecular weight is 487 g/mol. The molecule has 0 radical (unpaired) electrons. The Morgan fingerprint density at radius 2 is 1.91 bits per heavy atom. The van der Waals surface area contributed by atoms with Crippen LogP contribution < -0.4 is 5.56 Å². The molecule has 2 heterocycles. The Bertz CT molecular complexity index is 1220. The molecule has 2 aromatic carbocycles. The van der Waals surface area contributed by atoms with E-state index in [1.165, 1.54) is 17.8 Å². The molecule has 172 valence electrons. The Morgan fingerprint density at radius 1 is 1.15 bits per heavy atom. The number of rotatable bonds is 7. The minimum atomic E-state index is -0.314. The number of benzene rings is 2. The molecule has 0 atom stereocenters. The largest absolute Gasteiger partial charge is 0.339 e. The van der Waals surface area contributed by atoms with Crippen LogP contribution in [0.2, 0.25) is 5.02 Å². The van der Waals surface area contributed by atoms with Crippen molar-refractivity contribution in [1.82, 2.24) is 19.4 Å². The molecule has 1 aromatic heterocycles. The second kappa shape index (κ2) is 10.5. The van der Waals surface area contributed by atoms with Crippen molar-refractivity contribution in [2.24, 2.45) is 0 Å². The van der Waals surface area contributed by atoms with Gasteiger partial charge >= 0.3 is 0 Å². The summed E-state index contributed by atoms with van der Waals surface area (Å²) in [6, 6.07) is 11.9. The molecule has 1 amide bonds. The highest BCUT2D eigenvalue weighted by molar-refractivity contribution is 7.99. The minimum Gasteiger partial charge on any atom is -0.339 e. The fourth-order valence-electron chi connectivity index (χ4n) is 3.83. The Hall–Kier alpha value is -2.68. The van der Waals surface area contributed by atoms with Gasteiger partial charge in [0, 0.05) is 49.9 Å². The zero-order valence-corrected chi connectivity index (χ0v) is 19.6. The molecule has 0 spiro atoms. The van der Waals surface area contributed by atoms with Gasteiger partial charge in [0.15, 0.2) is 5.16 Å². The smallest absolute Gasteiger partial charge is 0.262 e.